The first-order valence-electron chi connectivity index (χ1n) is 5.39. The molecule has 80 valence electrons. The van der Waals surface area contributed by atoms with Crippen molar-refractivity contribution in [2.24, 2.45) is 0 Å². The van der Waals surface area contributed by atoms with Crippen molar-refractivity contribution in [2.45, 2.75) is 19.5 Å². The Balaban J connectivity index is 2.29. The first-order chi connectivity index (χ1) is 7.18. The Morgan fingerprint density at radius 1 is 1.20 bits per heavy atom. The molecule has 0 amide bonds. The van der Waals surface area contributed by atoms with E-state index in [0.717, 1.165) is 6.54 Å². The lowest BCUT2D eigenvalue weighted by atomic mass is 10.2. The molecule has 0 spiro atoms. The van der Waals surface area contributed by atoms with Crippen molar-refractivity contribution in [3.63, 3.8) is 0 Å². The van der Waals surface area contributed by atoms with Crippen LogP contribution in [0.2, 0.25) is 0 Å². The van der Waals surface area contributed by atoms with E-state index in [-0.39, 0.29) is 0 Å². The van der Waals surface area contributed by atoms with Crippen LogP contribution in [0, 0.1) is 0 Å². The molecule has 0 aliphatic carbocycles. The molecule has 2 rings (SSSR count). The summed E-state index contributed by atoms with van der Waals surface area (Å²) in [6, 6.07) is 11.3. The number of benzene rings is 1. The van der Waals surface area contributed by atoms with Crippen LogP contribution in [0.4, 0.5) is 0 Å². The summed E-state index contributed by atoms with van der Waals surface area (Å²) in [7, 11) is 4.24. The molecule has 0 radical (unpaired) electrons. The quantitative estimate of drug-likeness (QED) is 0.742. The van der Waals surface area contributed by atoms with Gasteiger partial charge >= 0.3 is 0 Å². The Hall–Kier alpha value is -1.28. The topological polar surface area (TPSA) is 8.17 Å². The first kappa shape index (κ1) is 10.2. The Labute approximate surface area is 91.1 Å². The zero-order valence-corrected chi connectivity index (χ0v) is 9.64. The second-order valence-electron chi connectivity index (χ2n) is 4.34. The van der Waals surface area contributed by atoms with Crippen LogP contribution < -0.4 is 0 Å². The predicted octanol–water partition coefficient (Wildman–Crippen LogP) is 2.59. The van der Waals surface area contributed by atoms with Crippen LogP contribution in [-0.2, 0) is 6.54 Å². The Morgan fingerprint density at radius 2 is 1.93 bits per heavy atom. The highest BCUT2D eigenvalue weighted by molar-refractivity contribution is 5.79. The van der Waals surface area contributed by atoms with Gasteiger partial charge in [-0.2, -0.15) is 0 Å². The summed E-state index contributed by atoms with van der Waals surface area (Å²) in [5.41, 5.74) is 1.33. The Bertz CT molecular complexity index is 442. The van der Waals surface area contributed by atoms with Gasteiger partial charge in [0.05, 0.1) is 0 Å². The maximum Gasteiger partial charge on any atom is 0.0480 e. The summed E-state index contributed by atoms with van der Waals surface area (Å²) in [4.78, 5) is 2.24. The van der Waals surface area contributed by atoms with Crippen molar-refractivity contribution in [1.29, 1.82) is 0 Å². The number of nitrogens with zero attached hydrogens (tertiary/aromatic N) is 2. The molecule has 0 aliphatic rings. The molecule has 0 fully saturated rings. The molecule has 0 saturated carbocycles. The lowest BCUT2D eigenvalue weighted by molar-refractivity contribution is 0.286. The van der Waals surface area contributed by atoms with E-state index in [4.69, 9.17) is 0 Å². The standard InChI is InChI=1S/C13H18N2/c1-11(14(2)3)10-15-9-8-12-6-4-5-7-13(12)15/h4-9,11H,10H2,1-3H3. The maximum absolute atomic E-state index is 2.32. The van der Waals surface area contributed by atoms with E-state index >= 15 is 0 Å². The highest BCUT2D eigenvalue weighted by Crippen LogP contribution is 2.15. The average Bonchev–Trinajstić information content (AvgIpc) is 2.62. The van der Waals surface area contributed by atoms with Crippen LogP contribution in [0.3, 0.4) is 0 Å². The number of para-hydroxylation sites is 1. The van der Waals surface area contributed by atoms with E-state index in [1.165, 1.54) is 10.9 Å². The molecule has 1 aromatic carbocycles. The van der Waals surface area contributed by atoms with E-state index in [0.29, 0.717) is 6.04 Å². The summed E-state index contributed by atoms with van der Waals surface area (Å²) in [5.74, 6) is 0. The molecular weight excluding hydrogens is 184 g/mol. The fourth-order valence-corrected chi connectivity index (χ4v) is 1.75. The highest BCUT2D eigenvalue weighted by atomic mass is 15.1. The minimum absolute atomic E-state index is 0.556. The number of hydrogen-bond donors (Lipinski definition) is 0. The first-order valence-corrected chi connectivity index (χ1v) is 5.39. The van der Waals surface area contributed by atoms with Crippen LogP contribution in [0.25, 0.3) is 10.9 Å². The van der Waals surface area contributed by atoms with Gasteiger partial charge in [-0.15, -0.1) is 0 Å². The van der Waals surface area contributed by atoms with Gasteiger partial charge in [-0.3, -0.25) is 0 Å². The van der Waals surface area contributed by atoms with E-state index in [2.05, 4.69) is 67.0 Å². The maximum atomic E-state index is 2.32. The molecule has 1 aromatic heterocycles. The molecule has 1 heterocycles. The summed E-state index contributed by atoms with van der Waals surface area (Å²) in [5, 5.41) is 1.32. The smallest absolute Gasteiger partial charge is 0.0480 e. The largest absolute Gasteiger partial charge is 0.346 e. The molecule has 0 bridgehead atoms. The zero-order valence-electron chi connectivity index (χ0n) is 9.64. The summed E-state index contributed by atoms with van der Waals surface area (Å²) >= 11 is 0. The van der Waals surface area contributed by atoms with Crippen molar-refractivity contribution in [3.8, 4) is 0 Å². The molecule has 2 nitrogen and oxygen atoms in total. The number of rotatable bonds is 3. The van der Waals surface area contributed by atoms with Crippen molar-refractivity contribution >= 4 is 10.9 Å². The lowest BCUT2D eigenvalue weighted by Gasteiger charge is -2.20. The van der Waals surface area contributed by atoms with Crippen molar-refractivity contribution in [3.05, 3.63) is 36.5 Å². The number of hydrogen-bond acceptors (Lipinski definition) is 1. The molecule has 0 aliphatic heterocycles. The van der Waals surface area contributed by atoms with Gasteiger partial charge in [-0.25, -0.2) is 0 Å². The minimum Gasteiger partial charge on any atom is -0.346 e. The van der Waals surface area contributed by atoms with E-state index < -0.39 is 0 Å². The van der Waals surface area contributed by atoms with Crippen LogP contribution in [0.15, 0.2) is 36.5 Å². The second-order valence-corrected chi connectivity index (χ2v) is 4.34. The second kappa shape index (κ2) is 4.07. The van der Waals surface area contributed by atoms with E-state index in [1.807, 2.05) is 0 Å². The van der Waals surface area contributed by atoms with Crippen LogP contribution >= 0.6 is 0 Å². The molecule has 2 aromatic rings. The van der Waals surface area contributed by atoms with Crippen LogP contribution in [-0.4, -0.2) is 29.6 Å². The summed E-state index contributed by atoms with van der Waals surface area (Å²) < 4.78 is 2.32. The fraction of sp³-hybridized carbons (Fsp3) is 0.385. The molecule has 0 N–H and O–H groups in total. The third-order valence-electron chi connectivity index (χ3n) is 3.02. The minimum atomic E-state index is 0.556. The van der Waals surface area contributed by atoms with Crippen LogP contribution in [0.1, 0.15) is 6.92 Å². The van der Waals surface area contributed by atoms with Gasteiger partial charge in [0.2, 0.25) is 0 Å². The van der Waals surface area contributed by atoms with Crippen molar-refractivity contribution in [2.75, 3.05) is 14.1 Å². The Morgan fingerprint density at radius 3 is 2.67 bits per heavy atom. The molecule has 0 saturated heterocycles. The van der Waals surface area contributed by atoms with Gasteiger partial charge in [-0.05, 0) is 38.5 Å². The average molecular weight is 202 g/mol. The predicted molar refractivity (Wildman–Crippen MR) is 65.1 cm³/mol. The van der Waals surface area contributed by atoms with E-state index in [1.54, 1.807) is 0 Å². The molecular formula is C13H18N2. The summed E-state index contributed by atoms with van der Waals surface area (Å²) in [6.45, 7) is 3.29. The normalized spacial score (nSPS) is 13.6. The van der Waals surface area contributed by atoms with E-state index in [9.17, 15) is 0 Å². The fourth-order valence-electron chi connectivity index (χ4n) is 1.75. The lowest BCUT2D eigenvalue weighted by Crippen LogP contribution is -2.28. The summed E-state index contributed by atoms with van der Waals surface area (Å²) in [6.07, 6.45) is 2.17. The molecule has 2 heteroatoms. The molecule has 15 heavy (non-hydrogen) atoms. The highest BCUT2D eigenvalue weighted by Gasteiger charge is 2.06. The number of aromatic nitrogens is 1. The Kier molecular flexibility index (Phi) is 2.78. The van der Waals surface area contributed by atoms with Crippen molar-refractivity contribution < 1.29 is 0 Å². The van der Waals surface area contributed by atoms with Gasteiger partial charge < -0.3 is 9.47 Å². The third-order valence-corrected chi connectivity index (χ3v) is 3.02. The van der Waals surface area contributed by atoms with Gasteiger partial charge in [0, 0.05) is 24.3 Å². The number of fused-ring (bicyclic) bond motifs is 1. The zero-order chi connectivity index (χ0) is 10.8. The molecule has 1 unspecified atom stereocenters. The van der Waals surface area contributed by atoms with Gasteiger partial charge in [-0.1, -0.05) is 18.2 Å². The van der Waals surface area contributed by atoms with Gasteiger partial charge in [0.1, 0.15) is 0 Å². The molecule has 1 atom stereocenters. The monoisotopic (exact) mass is 202 g/mol. The third kappa shape index (κ3) is 2.05. The van der Waals surface area contributed by atoms with Crippen LogP contribution in [0.5, 0.6) is 0 Å². The van der Waals surface area contributed by atoms with Gasteiger partial charge in [0.25, 0.3) is 0 Å². The van der Waals surface area contributed by atoms with Gasteiger partial charge in [0.15, 0.2) is 0 Å². The SMILES string of the molecule is CC(Cn1ccc2ccccc21)N(C)C. The van der Waals surface area contributed by atoms with Crippen molar-refractivity contribution in [1.82, 2.24) is 9.47 Å². The number of likely N-dealkylation sites (N-methyl/N-ethyl adjacent to an activating group) is 1.